The van der Waals surface area contributed by atoms with Gasteiger partial charge in [-0.25, -0.2) is 17.5 Å². The van der Waals surface area contributed by atoms with Crippen molar-refractivity contribution in [2.45, 2.75) is 24.8 Å². The summed E-state index contributed by atoms with van der Waals surface area (Å²) in [7, 11) is -2.32. The van der Waals surface area contributed by atoms with Gasteiger partial charge in [-0.3, -0.25) is 0 Å². The van der Waals surface area contributed by atoms with Crippen molar-refractivity contribution in [3.8, 4) is 5.75 Å². The highest BCUT2D eigenvalue weighted by Crippen LogP contribution is 2.25. The van der Waals surface area contributed by atoms with E-state index in [2.05, 4.69) is 4.72 Å². The van der Waals surface area contributed by atoms with Crippen molar-refractivity contribution in [1.29, 1.82) is 0 Å². The highest BCUT2D eigenvalue weighted by Gasteiger charge is 2.20. The van der Waals surface area contributed by atoms with Crippen LogP contribution in [0.2, 0.25) is 0 Å². The summed E-state index contributed by atoms with van der Waals surface area (Å²) < 4.78 is 51.4. The third-order valence-electron chi connectivity index (χ3n) is 3.34. The van der Waals surface area contributed by atoms with Gasteiger partial charge in [-0.05, 0) is 44.2 Å². The molecule has 0 saturated heterocycles. The number of nitrogens with one attached hydrogen (secondary N) is 1. The lowest BCUT2D eigenvalue weighted by Crippen LogP contribution is -2.29. The van der Waals surface area contributed by atoms with Crippen molar-refractivity contribution in [3.05, 3.63) is 45.9 Å². The first-order valence-corrected chi connectivity index (χ1v) is 9.68. The molecular formula is C16H20FNO4S2. The monoisotopic (exact) mass is 373 g/mol. The van der Waals surface area contributed by atoms with Crippen LogP contribution in [0.15, 0.2) is 35.2 Å². The zero-order valence-corrected chi connectivity index (χ0v) is 15.3. The molecule has 0 bridgehead atoms. The SMILES string of the molecule is CCOc1ccc(S(=O)(=O)NCC(OC)c2ccc(C)s2)cc1F. The highest BCUT2D eigenvalue weighted by molar-refractivity contribution is 7.89. The first kappa shape index (κ1) is 18.9. The molecule has 1 heterocycles. The summed E-state index contributed by atoms with van der Waals surface area (Å²) in [6.07, 6.45) is -0.397. The Kier molecular flexibility index (Phi) is 6.34. The van der Waals surface area contributed by atoms with Crippen LogP contribution < -0.4 is 9.46 Å². The quantitative estimate of drug-likeness (QED) is 0.771. The van der Waals surface area contributed by atoms with E-state index < -0.39 is 21.9 Å². The first-order chi connectivity index (χ1) is 11.4. The minimum atomic E-state index is -3.84. The van der Waals surface area contributed by atoms with Crippen LogP contribution in [0, 0.1) is 12.7 Å². The van der Waals surface area contributed by atoms with Gasteiger partial charge in [0.1, 0.15) is 6.10 Å². The van der Waals surface area contributed by atoms with Crippen molar-refractivity contribution in [3.63, 3.8) is 0 Å². The summed E-state index contributed by atoms with van der Waals surface area (Å²) >= 11 is 1.54. The van der Waals surface area contributed by atoms with Crippen molar-refractivity contribution in [1.82, 2.24) is 4.72 Å². The number of hydrogen-bond donors (Lipinski definition) is 1. The Balaban J connectivity index is 2.11. The number of hydrogen-bond acceptors (Lipinski definition) is 5. The first-order valence-electron chi connectivity index (χ1n) is 7.38. The van der Waals surface area contributed by atoms with Gasteiger partial charge in [0.25, 0.3) is 0 Å². The van der Waals surface area contributed by atoms with Gasteiger partial charge < -0.3 is 9.47 Å². The number of methoxy groups -OCH3 is 1. The molecule has 0 aliphatic rings. The van der Waals surface area contributed by atoms with E-state index in [1.807, 2.05) is 19.1 Å². The molecule has 1 unspecified atom stereocenters. The molecule has 132 valence electrons. The molecule has 0 aliphatic carbocycles. The largest absolute Gasteiger partial charge is 0.491 e. The predicted molar refractivity (Wildman–Crippen MR) is 91.6 cm³/mol. The van der Waals surface area contributed by atoms with Crippen LogP contribution in [0.3, 0.4) is 0 Å². The molecule has 5 nitrogen and oxygen atoms in total. The Morgan fingerprint density at radius 2 is 2.04 bits per heavy atom. The second-order valence-corrected chi connectivity index (χ2v) is 8.14. The molecule has 2 rings (SSSR count). The Morgan fingerprint density at radius 3 is 2.58 bits per heavy atom. The Bertz CT molecular complexity index is 789. The number of rotatable bonds is 8. The van der Waals surface area contributed by atoms with Gasteiger partial charge in [0, 0.05) is 23.4 Å². The lowest BCUT2D eigenvalue weighted by Gasteiger charge is -2.15. The van der Waals surface area contributed by atoms with Crippen LogP contribution in [-0.2, 0) is 14.8 Å². The van der Waals surface area contributed by atoms with Crippen molar-refractivity contribution < 1.29 is 22.3 Å². The summed E-state index contributed by atoms with van der Waals surface area (Å²) in [5, 5.41) is 0. The molecule has 0 radical (unpaired) electrons. The van der Waals surface area contributed by atoms with E-state index in [-0.39, 0.29) is 17.2 Å². The number of halogens is 1. The fourth-order valence-corrected chi connectivity index (χ4v) is 4.11. The maximum Gasteiger partial charge on any atom is 0.240 e. The Labute approximate surface area is 145 Å². The van der Waals surface area contributed by atoms with Gasteiger partial charge in [0.2, 0.25) is 10.0 Å². The molecule has 2 aromatic rings. The molecule has 0 amide bonds. The van der Waals surface area contributed by atoms with E-state index in [4.69, 9.17) is 9.47 Å². The van der Waals surface area contributed by atoms with Crippen molar-refractivity contribution in [2.75, 3.05) is 20.3 Å². The molecule has 24 heavy (non-hydrogen) atoms. The van der Waals surface area contributed by atoms with Crippen LogP contribution in [-0.4, -0.2) is 28.7 Å². The summed E-state index contributed by atoms with van der Waals surface area (Å²) in [4.78, 5) is 1.89. The molecule has 0 spiro atoms. The molecule has 0 aliphatic heterocycles. The smallest absolute Gasteiger partial charge is 0.240 e. The summed E-state index contributed by atoms with van der Waals surface area (Å²) in [5.74, 6) is -0.683. The Hall–Kier alpha value is -1.48. The standard InChI is InChI=1S/C16H20FNO4S2/c1-4-22-14-7-6-12(9-13(14)17)24(19,20)18-10-15(21-3)16-8-5-11(2)23-16/h5-9,15,18H,4,10H2,1-3H3. The second-order valence-electron chi connectivity index (χ2n) is 5.05. The zero-order valence-electron chi connectivity index (χ0n) is 13.7. The number of benzene rings is 1. The Morgan fingerprint density at radius 1 is 1.29 bits per heavy atom. The molecule has 1 atom stereocenters. The summed E-state index contributed by atoms with van der Waals surface area (Å²) in [6, 6.07) is 7.42. The van der Waals surface area contributed by atoms with Gasteiger partial charge in [0.05, 0.1) is 11.5 Å². The molecule has 1 aromatic heterocycles. The lowest BCUT2D eigenvalue weighted by atomic mass is 10.3. The van der Waals surface area contributed by atoms with Gasteiger partial charge in [-0.2, -0.15) is 0 Å². The lowest BCUT2D eigenvalue weighted by molar-refractivity contribution is 0.110. The number of thiophene rings is 1. The summed E-state index contributed by atoms with van der Waals surface area (Å²) in [6.45, 7) is 4.06. The minimum Gasteiger partial charge on any atom is -0.491 e. The van der Waals surface area contributed by atoms with E-state index in [9.17, 15) is 12.8 Å². The fraction of sp³-hybridized carbons (Fsp3) is 0.375. The minimum absolute atomic E-state index is 0.0280. The fourth-order valence-electron chi connectivity index (χ4n) is 2.12. The molecule has 1 aromatic carbocycles. The van der Waals surface area contributed by atoms with E-state index in [1.165, 1.54) is 19.2 Å². The van der Waals surface area contributed by atoms with Gasteiger partial charge in [-0.1, -0.05) is 0 Å². The topological polar surface area (TPSA) is 64.6 Å². The average molecular weight is 373 g/mol. The van der Waals surface area contributed by atoms with Crippen LogP contribution >= 0.6 is 11.3 Å². The molecular weight excluding hydrogens is 353 g/mol. The average Bonchev–Trinajstić information content (AvgIpc) is 2.96. The van der Waals surface area contributed by atoms with E-state index in [1.54, 1.807) is 18.3 Å². The van der Waals surface area contributed by atoms with Gasteiger partial charge in [-0.15, -0.1) is 11.3 Å². The zero-order chi connectivity index (χ0) is 17.7. The van der Waals surface area contributed by atoms with Crippen molar-refractivity contribution >= 4 is 21.4 Å². The summed E-state index contributed by atoms with van der Waals surface area (Å²) in [5.41, 5.74) is 0. The van der Waals surface area contributed by atoms with E-state index >= 15 is 0 Å². The second kappa shape index (κ2) is 8.06. The molecule has 1 N–H and O–H groups in total. The highest BCUT2D eigenvalue weighted by atomic mass is 32.2. The number of sulfonamides is 1. The number of ether oxygens (including phenoxy) is 2. The van der Waals surface area contributed by atoms with Gasteiger partial charge in [0.15, 0.2) is 11.6 Å². The molecule has 8 heteroatoms. The maximum absolute atomic E-state index is 13.9. The third kappa shape index (κ3) is 4.54. The predicted octanol–water partition coefficient (Wildman–Crippen LogP) is 3.26. The molecule has 0 fully saturated rings. The van der Waals surface area contributed by atoms with Crippen LogP contribution in [0.1, 0.15) is 22.8 Å². The van der Waals surface area contributed by atoms with Crippen LogP contribution in [0.25, 0.3) is 0 Å². The molecule has 0 saturated carbocycles. The number of aryl methyl sites for hydroxylation is 1. The normalized spacial score (nSPS) is 13.0. The van der Waals surface area contributed by atoms with Crippen molar-refractivity contribution in [2.24, 2.45) is 0 Å². The van der Waals surface area contributed by atoms with E-state index in [0.29, 0.717) is 6.61 Å². The van der Waals surface area contributed by atoms with Crippen LogP contribution in [0.5, 0.6) is 5.75 Å². The van der Waals surface area contributed by atoms with Crippen LogP contribution in [0.4, 0.5) is 4.39 Å². The van der Waals surface area contributed by atoms with Gasteiger partial charge >= 0.3 is 0 Å². The maximum atomic E-state index is 13.9. The third-order valence-corrected chi connectivity index (χ3v) is 5.85. The van der Waals surface area contributed by atoms with E-state index in [0.717, 1.165) is 15.8 Å².